The Kier molecular flexibility index (Phi) is 10.6. The topological polar surface area (TPSA) is 100 Å². The van der Waals surface area contributed by atoms with E-state index in [9.17, 15) is 18.8 Å². The molecule has 0 aliphatic rings. The van der Waals surface area contributed by atoms with Gasteiger partial charge in [0.05, 0.1) is 16.3 Å². The van der Waals surface area contributed by atoms with Gasteiger partial charge in [-0.1, -0.05) is 52.3 Å². The fourth-order valence-corrected chi connectivity index (χ4v) is 5.09. The van der Waals surface area contributed by atoms with Gasteiger partial charge < -0.3 is 15.0 Å². The molecule has 0 aromatic heterocycles. The summed E-state index contributed by atoms with van der Waals surface area (Å²) in [6.45, 7) is 0. The summed E-state index contributed by atoms with van der Waals surface area (Å²) in [6.07, 6.45) is 2.82. The lowest BCUT2D eigenvalue weighted by atomic mass is 10.1. The van der Waals surface area contributed by atoms with Gasteiger partial charge >= 0.3 is 5.97 Å². The van der Waals surface area contributed by atoms with Gasteiger partial charge in [0.25, 0.3) is 11.8 Å². The number of ether oxygens (including phenoxy) is 1. The van der Waals surface area contributed by atoms with E-state index in [1.165, 1.54) is 30.5 Å². The highest BCUT2D eigenvalue weighted by Gasteiger charge is 2.17. The molecule has 11 heteroatoms. The largest absolute Gasteiger partial charge is 0.421 e. The van der Waals surface area contributed by atoms with Crippen molar-refractivity contribution in [1.82, 2.24) is 10.7 Å². The average Bonchev–Trinajstić information content (AvgIpc) is 2.99. The normalized spacial score (nSPS) is 11.2. The van der Waals surface area contributed by atoms with Crippen molar-refractivity contribution in [2.24, 2.45) is 5.10 Å². The molecule has 0 saturated carbocycles. The molecule has 0 aliphatic carbocycles. The zero-order chi connectivity index (χ0) is 30.9. The highest BCUT2D eigenvalue weighted by Crippen LogP contribution is 2.32. The zero-order valence-corrected chi connectivity index (χ0v) is 26.1. The second-order valence-electron chi connectivity index (χ2n) is 9.27. The summed E-state index contributed by atoms with van der Waals surface area (Å²) in [5.74, 6) is -2.42. The number of carbonyl (C=O) groups is 3. The summed E-state index contributed by atoms with van der Waals surface area (Å²) >= 11 is 6.75. The Morgan fingerprint density at radius 2 is 1.58 bits per heavy atom. The van der Waals surface area contributed by atoms with E-state index in [1.54, 1.807) is 42.5 Å². The van der Waals surface area contributed by atoms with Gasteiger partial charge in [-0.2, -0.15) is 5.10 Å². The van der Waals surface area contributed by atoms with Crippen molar-refractivity contribution < 1.29 is 23.5 Å². The molecule has 0 aliphatic heterocycles. The fraction of sp³-hybridized carbons (Fsp3) is 0.0625. The third-order valence-electron chi connectivity index (χ3n) is 5.91. The van der Waals surface area contributed by atoms with Crippen LogP contribution in [0.25, 0.3) is 6.08 Å². The monoisotopic (exact) mass is 706 g/mol. The van der Waals surface area contributed by atoms with E-state index in [4.69, 9.17) is 4.74 Å². The number of nitrogens with one attached hydrogen (secondary N) is 2. The van der Waals surface area contributed by atoms with E-state index < -0.39 is 23.6 Å². The van der Waals surface area contributed by atoms with Crippen molar-refractivity contribution in [2.45, 2.75) is 0 Å². The average molecular weight is 708 g/mol. The summed E-state index contributed by atoms with van der Waals surface area (Å²) in [6, 6.07) is 24.3. The maximum Gasteiger partial charge on any atom is 0.343 e. The molecule has 0 spiro atoms. The van der Waals surface area contributed by atoms with Gasteiger partial charge in [-0.05, 0) is 82.2 Å². The second kappa shape index (κ2) is 14.5. The van der Waals surface area contributed by atoms with Crippen molar-refractivity contribution in [3.05, 3.63) is 134 Å². The van der Waals surface area contributed by atoms with Crippen LogP contribution in [0.15, 0.2) is 111 Å². The SMILES string of the molecule is CN(C)c1ccc(/C=C(/NC(=O)c2ccccc2)C(=O)N/N=C\c2cc(Br)cc(Br)c2OC(=O)c2cccc(F)c2)cc1. The first-order chi connectivity index (χ1) is 20.6. The van der Waals surface area contributed by atoms with Crippen LogP contribution in [0.5, 0.6) is 5.75 Å². The van der Waals surface area contributed by atoms with Gasteiger partial charge in [0.2, 0.25) is 0 Å². The first kappa shape index (κ1) is 31.3. The van der Waals surface area contributed by atoms with Crippen LogP contribution in [-0.4, -0.2) is 38.1 Å². The molecule has 0 unspecified atom stereocenters. The van der Waals surface area contributed by atoms with Crippen molar-refractivity contribution in [1.29, 1.82) is 0 Å². The van der Waals surface area contributed by atoms with E-state index in [1.807, 2.05) is 43.3 Å². The number of hydrazone groups is 1. The Bertz CT molecular complexity index is 1710. The maximum absolute atomic E-state index is 13.6. The van der Waals surface area contributed by atoms with Gasteiger partial charge in [0.15, 0.2) is 5.75 Å². The molecular formula is C32H25Br2FN4O4. The Morgan fingerprint density at radius 3 is 2.26 bits per heavy atom. The second-order valence-corrected chi connectivity index (χ2v) is 11.0. The molecule has 2 amide bonds. The quantitative estimate of drug-likeness (QED) is 0.0676. The third kappa shape index (κ3) is 8.69. The predicted octanol–water partition coefficient (Wildman–Crippen LogP) is 6.56. The van der Waals surface area contributed by atoms with Gasteiger partial charge in [0.1, 0.15) is 11.5 Å². The number of nitrogens with zero attached hydrogens (tertiary/aromatic N) is 2. The molecule has 4 rings (SSSR count). The van der Waals surface area contributed by atoms with Gasteiger partial charge in [-0.15, -0.1) is 0 Å². The summed E-state index contributed by atoms with van der Waals surface area (Å²) in [5, 5.41) is 6.70. The fourth-order valence-electron chi connectivity index (χ4n) is 3.75. The van der Waals surface area contributed by atoms with Crippen LogP contribution in [0.3, 0.4) is 0 Å². The molecule has 0 atom stereocenters. The molecular weight excluding hydrogens is 683 g/mol. The smallest absolute Gasteiger partial charge is 0.343 e. The van der Waals surface area contributed by atoms with Crippen LogP contribution in [0, 0.1) is 5.82 Å². The molecule has 4 aromatic carbocycles. The Balaban J connectivity index is 1.58. The van der Waals surface area contributed by atoms with Gasteiger partial charge in [-0.25, -0.2) is 14.6 Å². The summed E-state index contributed by atoms with van der Waals surface area (Å²) in [4.78, 5) is 40.8. The van der Waals surface area contributed by atoms with Crippen LogP contribution in [0.4, 0.5) is 10.1 Å². The predicted molar refractivity (Wildman–Crippen MR) is 172 cm³/mol. The standard InChI is InChI=1S/C32H25Br2FN4O4/c1-39(2)26-13-11-20(12-14-26)15-28(37-30(40)21-7-4-3-5-8-21)31(41)38-36-19-23-16-24(33)18-27(34)29(23)43-32(42)22-9-6-10-25(35)17-22/h3-19H,1-2H3,(H,37,40)(H,38,41)/b28-15+,36-19-. The van der Waals surface area contributed by atoms with Crippen LogP contribution < -0.4 is 20.4 Å². The van der Waals surface area contributed by atoms with Crippen molar-refractivity contribution in [2.75, 3.05) is 19.0 Å². The molecule has 43 heavy (non-hydrogen) atoms. The third-order valence-corrected chi connectivity index (χ3v) is 6.96. The Labute approximate surface area is 264 Å². The number of amides is 2. The van der Waals surface area contributed by atoms with Crippen LogP contribution in [0.1, 0.15) is 31.8 Å². The number of hydrogen-bond acceptors (Lipinski definition) is 6. The first-order valence-electron chi connectivity index (χ1n) is 12.8. The molecule has 0 radical (unpaired) electrons. The number of esters is 1. The van der Waals surface area contributed by atoms with Crippen LogP contribution in [-0.2, 0) is 4.79 Å². The number of carbonyl (C=O) groups excluding carboxylic acids is 3. The molecule has 4 aromatic rings. The molecule has 0 heterocycles. The lowest BCUT2D eigenvalue weighted by Crippen LogP contribution is -2.32. The van der Waals surface area contributed by atoms with Crippen LogP contribution >= 0.6 is 31.9 Å². The molecule has 8 nitrogen and oxygen atoms in total. The lowest BCUT2D eigenvalue weighted by Gasteiger charge is -2.13. The minimum Gasteiger partial charge on any atom is -0.421 e. The summed E-state index contributed by atoms with van der Waals surface area (Å²) < 4.78 is 20.2. The van der Waals surface area contributed by atoms with Crippen molar-refractivity contribution in [3.63, 3.8) is 0 Å². The molecule has 0 fully saturated rings. The van der Waals surface area contributed by atoms with E-state index >= 15 is 0 Å². The van der Waals surface area contributed by atoms with Crippen molar-refractivity contribution >= 4 is 67.6 Å². The number of rotatable bonds is 9. The minimum atomic E-state index is -0.782. The zero-order valence-electron chi connectivity index (χ0n) is 23.0. The Morgan fingerprint density at radius 1 is 0.884 bits per heavy atom. The van der Waals surface area contributed by atoms with Crippen LogP contribution in [0.2, 0.25) is 0 Å². The Hall–Kier alpha value is -4.61. The number of anilines is 1. The summed E-state index contributed by atoms with van der Waals surface area (Å²) in [7, 11) is 3.83. The molecule has 2 N–H and O–H groups in total. The van der Waals surface area contributed by atoms with E-state index in [2.05, 4.69) is 47.7 Å². The number of hydrogen-bond donors (Lipinski definition) is 2. The van der Waals surface area contributed by atoms with E-state index in [0.29, 0.717) is 25.6 Å². The van der Waals surface area contributed by atoms with Crippen molar-refractivity contribution in [3.8, 4) is 5.75 Å². The van der Waals surface area contributed by atoms with Gasteiger partial charge in [-0.3, -0.25) is 9.59 Å². The highest BCUT2D eigenvalue weighted by atomic mass is 79.9. The lowest BCUT2D eigenvalue weighted by molar-refractivity contribution is -0.117. The minimum absolute atomic E-state index is 0.0218. The number of halogens is 3. The molecule has 0 bridgehead atoms. The van der Waals surface area contributed by atoms with E-state index in [-0.39, 0.29) is 17.0 Å². The van der Waals surface area contributed by atoms with Gasteiger partial charge in [0, 0.05) is 35.4 Å². The summed E-state index contributed by atoms with van der Waals surface area (Å²) in [5.41, 5.74) is 4.73. The molecule has 0 saturated heterocycles. The highest BCUT2D eigenvalue weighted by molar-refractivity contribution is 9.11. The van der Waals surface area contributed by atoms with E-state index in [0.717, 1.165) is 11.8 Å². The number of benzene rings is 4. The molecule has 218 valence electrons. The first-order valence-corrected chi connectivity index (χ1v) is 14.3. The maximum atomic E-state index is 13.6.